The molecule has 21 heavy (non-hydrogen) atoms. The topological polar surface area (TPSA) is 34.2 Å². The minimum Gasteiger partial charge on any atom is -0.494 e. The highest BCUT2D eigenvalue weighted by Crippen LogP contribution is 2.42. The first kappa shape index (κ1) is 15.7. The fourth-order valence-electron chi connectivity index (χ4n) is 2.24. The zero-order valence-electron chi connectivity index (χ0n) is 11.7. The van der Waals surface area contributed by atoms with Crippen molar-refractivity contribution in [2.24, 2.45) is 0 Å². The average molecular weight is 319 g/mol. The van der Waals surface area contributed by atoms with Crippen molar-refractivity contribution >= 4 is 28.2 Å². The number of nitrogens with zero attached hydrogens (tertiary/aromatic N) is 1. The second kappa shape index (κ2) is 5.60. The molecule has 1 heterocycles. The van der Waals surface area contributed by atoms with Gasteiger partial charge < -0.3 is 10.1 Å². The second-order valence-corrected chi connectivity index (χ2v) is 4.87. The Morgan fingerprint density at radius 3 is 2.52 bits per heavy atom. The number of halogens is 4. The molecule has 3 nitrogen and oxygen atoms in total. The minimum absolute atomic E-state index is 0.0204. The molecule has 0 saturated carbocycles. The zero-order valence-corrected chi connectivity index (χ0v) is 12.5. The van der Waals surface area contributed by atoms with Gasteiger partial charge >= 0.3 is 6.18 Å². The Kier molecular flexibility index (Phi) is 4.18. The molecule has 2 aromatic rings. The molecule has 0 aliphatic heterocycles. The molecule has 1 N–H and O–H groups in total. The molecule has 0 aliphatic rings. The number of pyridine rings is 1. The quantitative estimate of drug-likeness (QED) is 0.894. The summed E-state index contributed by atoms with van der Waals surface area (Å²) in [6, 6.07) is 3.08. The number of hydrogen-bond acceptors (Lipinski definition) is 3. The van der Waals surface area contributed by atoms with Crippen molar-refractivity contribution < 1.29 is 17.9 Å². The van der Waals surface area contributed by atoms with E-state index >= 15 is 0 Å². The van der Waals surface area contributed by atoms with Crippen LogP contribution >= 0.6 is 11.6 Å². The predicted molar refractivity (Wildman–Crippen MR) is 77.2 cm³/mol. The van der Waals surface area contributed by atoms with Crippen LogP contribution in [0.25, 0.3) is 10.9 Å². The average Bonchev–Trinajstić information content (AvgIpc) is 2.40. The highest BCUT2D eigenvalue weighted by molar-refractivity contribution is 6.36. The van der Waals surface area contributed by atoms with Gasteiger partial charge in [0.1, 0.15) is 17.0 Å². The molecule has 1 aromatic heterocycles. The van der Waals surface area contributed by atoms with Crippen LogP contribution in [-0.2, 0) is 6.18 Å². The Labute approximate surface area is 125 Å². The van der Waals surface area contributed by atoms with E-state index in [4.69, 9.17) is 16.3 Å². The molecule has 0 bridgehead atoms. The normalized spacial score (nSPS) is 11.8. The molecular formula is C14H14ClF3N2O. The molecule has 0 unspecified atom stereocenters. The van der Waals surface area contributed by atoms with Crippen molar-refractivity contribution in [1.29, 1.82) is 0 Å². The van der Waals surface area contributed by atoms with Crippen molar-refractivity contribution in [1.82, 2.24) is 4.98 Å². The van der Waals surface area contributed by atoms with E-state index in [0.29, 0.717) is 22.6 Å². The van der Waals surface area contributed by atoms with Crippen LogP contribution in [0.1, 0.15) is 18.2 Å². The zero-order chi connectivity index (χ0) is 15.8. The van der Waals surface area contributed by atoms with E-state index in [1.807, 2.05) is 0 Å². The van der Waals surface area contributed by atoms with Gasteiger partial charge in [-0.1, -0.05) is 11.6 Å². The molecule has 1 aromatic carbocycles. The van der Waals surface area contributed by atoms with Crippen molar-refractivity contribution in [3.05, 3.63) is 28.4 Å². The smallest absolute Gasteiger partial charge is 0.433 e. The number of rotatable bonds is 3. The van der Waals surface area contributed by atoms with E-state index in [0.717, 1.165) is 0 Å². The lowest BCUT2D eigenvalue weighted by molar-refractivity contribution is -0.141. The third kappa shape index (κ3) is 2.72. The van der Waals surface area contributed by atoms with Gasteiger partial charge in [-0.25, -0.2) is 4.98 Å². The van der Waals surface area contributed by atoms with Crippen LogP contribution in [0.5, 0.6) is 5.75 Å². The van der Waals surface area contributed by atoms with Crippen LogP contribution in [0.2, 0.25) is 5.02 Å². The van der Waals surface area contributed by atoms with Crippen molar-refractivity contribution in [3.8, 4) is 5.75 Å². The minimum atomic E-state index is -4.55. The molecular weight excluding hydrogens is 305 g/mol. The molecule has 0 saturated heterocycles. The summed E-state index contributed by atoms with van der Waals surface area (Å²) in [6.45, 7) is 3.64. The number of hydrogen-bond donors (Lipinski definition) is 1. The molecule has 0 atom stereocenters. The lowest BCUT2D eigenvalue weighted by Gasteiger charge is -2.18. The van der Waals surface area contributed by atoms with Gasteiger partial charge in [-0.15, -0.1) is 0 Å². The number of nitrogens with one attached hydrogen (secondary N) is 1. The maximum absolute atomic E-state index is 13.2. The highest BCUT2D eigenvalue weighted by Gasteiger charge is 2.36. The number of methoxy groups -OCH3 is 1. The van der Waals surface area contributed by atoms with Gasteiger partial charge in [-0.3, -0.25) is 0 Å². The van der Waals surface area contributed by atoms with Crippen molar-refractivity contribution in [2.75, 3.05) is 19.0 Å². The van der Waals surface area contributed by atoms with Crippen LogP contribution in [0.15, 0.2) is 12.1 Å². The van der Waals surface area contributed by atoms with E-state index in [1.165, 1.54) is 20.1 Å². The summed E-state index contributed by atoms with van der Waals surface area (Å²) in [6.07, 6.45) is -4.55. The third-order valence-corrected chi connectivity index (χ3v) is 3.45. The Morgan fingerprint density at radius 1 is 1.33 bits per heavy atom. The largest absolute Gasteiger partial charge is 0.494 e. The maximum atomic E-state index is 13.2. The highest BCUT2D eigenvalue weighted by atomic mass is 35.5. The first-order chi connectivity index (χ1) is 9.81. The second-order valence-electron chi connectivity index (χ2n) is 4.46. The van der Waals surface area contributed by atoms with Gasteiger partial charge in [0.05, 0.1) is 17.8 Å². The van der Waals surface area contributed by atoms with Crippen molar-refractivity contribution in [2.45, 2.75) is 20.0 Å². The lowest BCUT2D eigenvalue weighted by atomic mass is 10.1. The first-order valence-corrected chi connectivity index (χ1v) is 6.66. The molecule has 0 spiro atoms. The molecule has 0 amide bonds. The Morgan fingerprint density at radius 2 is 2.00 bits per heavy atom. The van der Waals surface area contributed by atoms with Gasteiger partial charge in [0, 0.05) is 17.5 Å². The Hall–Kier alpha value is -1.69. The van der Waals surface area contributed by atoms with Crippen LogP contribution in [0.3, 0.4) is 0 Å². The van der Waals surface area contributed by atoms with Gasteiger partial charge in [-0.05, 0) is 26.0 Å². The maximum Gasteiger partial charge on any atom is 0.433 e. The SMILES string of the molecule is CCNc1c(C)c(C(F)(F)F)nc2c(OC)ccc(Cl)c12. The number of fused-ring (bicyclic) bond motifs is 1. The standard InChI is InChI=1S/C14H14ClF3N2O/c1-4-19-11-7(2)13(14(16,17)18)20-12-9(21-3)6-5-8(15)10(11)12/h5-6H,4H2,1-3H3,(H,19,20). The Bertz CT molecular complexity index is 686. The number of benzene rings is 1. The number of aromatic nitrogens is 1. The summed E-state index contributed by atoms with van der Waals surface area (Å²) in [5.74, 6) is 0.249. The fraction of sp³-hybridized carbons (Fsp3) is 0.357. The fourth-order valence-corrected chi connectivity index (χ4v) is 2.48. The van der Waals surface area contributed by atoms with E-state index < -0.39 is 11.9 Å². The summed E-state index contributed by atoms with van der Waals surface area (Å²) in [7, 11) is 1.38. The molecule has 114 valence electrons. The van der Waals surface area contributed by atoms with Gasteiger partial charge in [0.2, 0.25) is 0 Å². The number of anilines is 1. The molecule has 0 radical (unpaired) electrons. The predicted octanol–water partition coefficient (Wildman–Crippen LogP) is 4.66. The molecule has 2 rings (SSSR count). The molecule has 0 fully saturated rings. The van der Waals surface area contributed by atoms with Crippen LogP contribution in [0, 0.1) is 6.92 Å². The van der Waals surface area contributed by atoms with Crippen LogP contribution < -0.4 is 10.1 Å². The van der Waals surface area contributed by atoms with E-state index in [9.17, 15) is 13.2 Å². The molecule has 7 heteroatoms. The van der Waals surface area contributed by atoms with Gasteiger partial charge in [0.25, 0.3) is 0 Å². The van der Waals surface area contributed by atoms with E-state index in [1.54, 1.807) is 13.0 Å². The number of ether oxygens (including phenoxy) is 1. The van der Waals surface area contributed by atoms with Gasteiger partial charge in [0.15, 0.2) is 0 Å². The third-order valence-electron chi connectivity index (χ3n) is 3.14. The summed E-state index contributed by atoms with van der Waals surface area (Å²) in [5, 5.41) is 3.70. The van der Waals surface area contributed by atoms with E-state index in [-0.39, 0.29) is 16.8 Å². The Balaban J connectivity index is 2.96. The summed E-state index contributed by atoms with van der Waals surface area (Å²) in [4.78, 5) is 3.75. The van der Waals surface area contributed by atoms with Crippen molar-refractivity contribution in [3.63, 3.8) is 0 Å². The lowest BCUT2D eigenvalue weighted by Crippen LogP contribution is -2.14. The summed E-state index contributed by atoms with van der Waals surface area (Å²) in [5.41, 5.74) is -0.490. The number of alkyl halides is 3. The van der Waals surface area contributed by atoms with Crippen LogP contribution in [0.4, 0.5) is 18.9 Å². The van der Waals surface area contributed by atoms with Gasteiger partial charge in [-0.2, -0.15) is 13.2 Å². The first-order valence-electron chi connectivity index (χ1n) is 6.29. The van der Waals surface area contributed by atoms with E-state index in [2.05, 4.69) is 10.3 Å². The molecule has 0 aliphatic carbocycles. The summed E-state index contributed by atoms with van der Waals surface area (Å²) >= 11 is 6.15. The monoisotopic (exact) mass is 318 g/mol. The summed E-state index contributed by atoms with van der Waals surface area (Å²) < 4.78 is 44.6. The van der Waals surface area contributed by atoms with Crippen LogP contribution in [-0.4, -0.2) is 18.6 Å².